The molecule has 0 bridgehead atoms. The first-order valence-corrected chi connectivity index (χ1v) is 4.40. The highest BCUT2D eigenvalue weighted by Gasteiger charge is 1.90. The van der Waals surface area contributed by atoms with Gasteiger partial charge in [0, 0.05) is 13.0 Å². The van der Waals surface area contributed by atoms with Crippen LogP contribution in [-0.2, 0) is 4.79 Å². The molecular formula is C11H17NO. The molecule has 0 saturated heterocycles. The molecule has 0 aromatic heterocycles. The minimum absolute atomic E-state index is 0.0370. The normalized spacial score (nSPS) is 8.62. The fourth-order valence-corrected chi connectivity index (χ4v) is 0.791. The molecule has 0 radical (unpaired) electrons. The third-order valence-electron chi connectivity index (χ3n) is 1.16. The van der Waals surface area contributed by atoms with Gasteiger partial charge in [0.25, 0.3) is 0 Å². The minimum atomic E-state index is 0.0370. The SMILES string of the molecule is CC(=O)NC(C)C.c1ccccc1. The number of nitrogens with one attached hydrogen (secondary N) is 1. The van der Waals surface area contributed by atoms with Crippen molar-refractivity contribution in [1.82, 2.24) is 5.32 Å². The maximum atomic E-state index is 10.1. The molecule has 72 valence electrons. The quantitative estimate of drug-likeness (QED) is 0.703. The zero-order chi connectivity index (χ0) is 10.1. The van der Waals surface area contributed by atoms with Crippen LogP contribution in [0.3, 0.4) is 0 Å². The van der Waals surface area contributed by atoms with Gasteiger partial charge in [-0.05, 0) is 13.8 Å². The third-order valence-corrected chi connectivity index (χ3v) is 1.16. The second kappa shape index (κ2) is 7.35. The summed E-state index contributed by atoms with van der Waals surface area (Å²) in [7, 11) is 0. The van der Waals surface area contributed by atoms with Crippen molar-refractivity contribution in [3.63, 3.8) is 0 Å². The maximum absolute atomic E-state index is 10.1. The van der Waals surface area contributed by atoms with Crippen molar-refractivity contribution in [3.05, 3.63) is 36.4 Å². The molecule has 2 heteroatoms. The Bertz CT molecular complexity index is 192. The summed E-state index contributed by atoms with van der Waals surface area (Å²) in [6, 6.07) is 12.3. The molecule has 1 amide bonds. The summed E-state index contributed by atoms with van der Waals surface area (Å²) in [5, 5.41) is 2.67. The molecule has 13 heavy (non-hydrogen) atoms. The van der Waals surface area contributed by atoms with Crippen LogP contribution in [0.1, 0.15) is 20.8 Å². The molecule has 2 nitrogen and oxygen atoms in total. The molecule has 0 spiro atoms. The van der Waals surface area contributed by atoms with Gasteiger partial charge in [0.2, 0.25) is 5.91 Å². The Morgan fingerprint density at radius 3 is 1.38 bits per heavy atom. The molecule has 0 unspecified atom stereocenters. The number of carbonyl (C=O) groups is 1. The van der Waals surface area contributed by atoms with Crippen LogP contribution in [0.15, 0.2) is 36.4 Å². The number of hydrogen-bond donors (Lipinski definition) is 1. The Hall–Kier alpha value is -1.31. The van der Waals surface area contributed by atoms with Gasteiger partial charge in [-0.1, -0.05) is 36.4 Å². The van der Waals surface area contributed by atoms with Crippen LogP contribution in [0, 0.1) is 0 Å². The summed E-state index contributed by atoms with van der Waals surface area (Å²) in [5.74, 6) is 0.0370. The summed E-state index contributed by atoms with van der Waals surface area (Å²) in [6.07, 6.45) is 0. The molecule has 0 fully saturated rings. The van der Waals surface area contributed by atoms with Crippen LogP contribution in [0.5, 0.6) is 0 Å². The summed E-state index contributed by atoms with van der Waals surface area (Å²) >= 11 is 0. The first-order chi connectivity index (χ1) is 6.13. The van der Waals surface area contributed by atoms with Crippen LogP contribution < -0.4 is 5.32 Å². The lowest BCUT2D eigenvalue weighted by atomic mass is 10.4. The number of carbonyl (C=O) groups excluding carboxylic acids is 1. The number of hydrogen-bond acceptors (Lipinski definition) is 1. The summed E-state index contributed by atoms with van der Waals surface area (Å²) < 4.78 is 0. The Morgan fingerprint density at radius 1 is 1.00 bits per heavy atom. The highest BCUT2D eigenvalue weighted by atomic mass is 16.1. The van der Waals surface area contributed by atoms with Crippen molar-refractivity contribution >= 4 is 5.91 Å². The summed E-state index contributed by atoms with van der Waals surface area (Å²) in [5.41, 5.74) is 0. The minimum Gasteiger partial charge on any atom is -0.354 e. The predicted octanol–water partition coefficient (Wildman–Crippen LogP) is 2.22. The highest BCUT2D eigenvalue weighted by Crippen LogP contribution is 1.79. The zero-order valence-corrected chi connectivity index (χ0v) is 8.45. The molecule has 1 N–H and O–H groups in total. The van der Waals surface area contributed by atoms with E-state index in [-0.39, 0.29) is 11.9 Å². The van der Waals surface area contributed by atoms with Crippen LogP contribution in [0.25, 0.3) is 0 Å². The highest BCUT2D eigenvalue weighted by molar-refractivity contribution is 5.73. The number of benzene rings is 1. The topological polar surface area (TPSA) is 29.1 Å². The second-order valence-corrected chi connectivity index (χ2v) is 3.01. The van der Waals surface area contributed by atoms with Crippen LogP contribution in [-0.4, -0.2) is 11.9 Å². The van der Waals surface area contributed by atoms with Crippen molar-refractivity contribution in [2.75, 3.05) is 0 Å². The van der Waals surface area contributed by atoms with E-state index < -0.39 is 0 Å². The largest absolute Gasteiger partial charge is 0.354 e. The average Bonchev–Trinajstić information content (AvgIpc) is 2.06. The van der Waals surface area contributed by atoms with Crippen molar-refractivity contribution < 1.29 is 4.79 Å². The van der Waals surface area contributed by atoms with E-state index in [0.717, 1.165) is 0 Å². The lowest BCUT2D eigenvalue weighted by Gasteiger charge is -2.02. The molecule has 1 rings (SSSR count). The van der Waals surface area contributed by atoms with Crippen LogP contribution >= 0.6 is 0 Å². The molecule has 0 aliphatic carbocycles. The first kappa shape index (κ1) is 11.7. The molecule has 1 aromatic rings. The van der Waals surface area contributed by atoms with Gasteiger partial charge in [0.05, 0.1) is 0 Å². The average molecular weight is 179 g/mol. The fourth-order valence-electron chi connectivity index (χ4n) is 0.791. The predicted molar refractivity (Wildman–Crippen MR) is 55.4 cm³/mol. The van der Waals surface area contributed by atoms with Crippen molar-refractivity contribution in [1.29, 1.82) is 0 Å². The van der Waals surface area contributed by atoms with Crippen molar-refractivity contribution in [2.45, 2.75) is 26.8 Å². The maximum Gasteiger partial charge on any atom is 0.217 e. The third kappa shape index (κ3) is 10.7. The molecule has 1 aromatic carbocycles. The standard InChI is InChI=1S/C6H6.C5H11NO/c1-2-4-6-5-3-1;1-4(2)6-5(3)7/h1-6H;4H,1-3H3,(H,6,7). The van der Waals surface area contributed by atoms with E-state index in [1.165, 1.54) is 6.92 Å². The molecule has 0 aliphatic heterocycles. The van der Waals surface area contributed by atoms with E-state index >= 15 is 0 Å². The van der Waals surface area contributed by atoms with Gasteiger partial charge in [0.1, 0.15) is 0 Å². The molecule has 0 heterocycles. The van der Waals surface area contributed by atoms with Crippen molar-refractivity contribution in [3.8, 4) is 0 Å². The van der Waals surface area contributed by atoms with Crippen molar-refractivity contribution in [2.24, 2.45) is 0 Å². The smallest absolute Gasteiger partial charge is 0.217 e. The first-order valence-electron chi connectivity index (χ1n) is 4.40. The summed E-state index contributed by atoms with van der Waals surface area (Å²) in [4.78, 5) is 10.1. The van der Waals surface area contributed by atoms with E-state index in [0.29, 0.717) is 0 Å². The van der Waals surface area contributed by atoms with E-state index in [1.54, 1.807) is 0 Å². The van der Waals surface area contributed by atoms with Crippen LogP contribution in [0.4, 0.5) is 0 Å². The van der Waals surface area contributed by atoms with Gasteiger partial charge in [-0.3, -0.25) is 4.79 Å². The lowest BCUT2D eigenvalue weighted by molar-refractivity contribution is -0.119. The van der Waals surface area contributed by atoms with Gasteiger partial charge in [-0.25, -0.2) is 0 Å². The van der Waals surface area contributed by atoms with E-state index in [1.807, 2.05) is 50.2 Å². The van der Waals surface area contributed by atoms with E-state index in [2.05, 4.69) is 5.32 Å². The van der Waals surface area contributed by atoms with Crippen LogP contribution in [0.2, 0.25) is 0 Å². The summed E-state index contributed by atoms with van der Waals surface area (Å²) in [6.45, 7) is 5.38. The van der Waals surface area contributed by atoms with Gasteiger partial charge in [-0.15, -0.1) is 0 Å². The van der Waals surface area contributed by atoms with E-state index in [9.17, 15) is 4.79 Å². The Kier molecular flexibility index (Phi) is 6.60. The fraction of sp³-hybridized carbons (Fsp3) is 0.364. The monoisotopic (exact) mass is 179 g/mol. The molecule has 0 aliphatic rings. The zero-order valence-electron chi connectivity index (χ0n) is 8.45. The Labute approximate surface area is 80.0 Å². The van der Waals surface area contributed by atoms with Gasteiger partial charge in [-0.2, -0.15) is 0 Å². The number of amides is 1. The molecule has 0 atom stereocenters. The lowest BCUT2D eigenvalue weighted by Crippen LogP contribution is -2.27. The molecular weight excluding hydrogens is 162 g/mol. The Balaban J connectivity index is 0.000000223. The molecule has 0 saturated carbocycles. The second-order valence-electron chi connectivity index (χ2n) is 3.01. The number of rotatable bonds is 1. The Morgan fingerprint density at radius 2 is 1.31 bits per heavy atom. The van der Waals surface area contributed by atoms with Gasteiger partial charge < -0.3 is 5.32 Å². The van der Waals surface area contributed by atoms with Gasteiger partial charge in [0.15, 0.2) is 0 Å². The van der Waals surface area contributed by atoms with Gasteiger partial charge >= 0.3 is 0 Å². The van der Waals surface area contributed by atoms with E-state index in [4.69, 9.17) is 0 Å².